The fourth-order valence-corrected chi connectivity index (χ4v) is 1.74. The molecule has 0 heteroatoms. The zero-order valence-corrected chi connectivity index (χ0v) is 9.14. The fourth-order valence-electron chi connectivity index (χ4n) is 1.74. The topological polar surface area (TPSA) is 0 Å². The van der Waals surface area contributed by atoms with Gasteiger partial charge in [-0.1, -0.05) is 45.8 Å². The van der Waals surface area contributed by atoms with Crippen LogP contribution in [0.5, 0.6) is 0 Å². The molecular formula is C12H24. The first-order valence-electron chi connectivity index (χ1n) is 5.31. The molecule has 0 rings (SSSR count). The van der Waals surface area contributed by atoms with E-state index in [2.05, 4.69) is 39.8 Å². The van der Waals surface area contributed by atoms with Gasteiger partial charge in [0.1, 0.15) is 0 Å². The molecule has 0 heterocycles. The molecule has 1 atom stereocenters. The zero-order valence-electron chi connectivity index (χ0n) is 9.14. The summed E-state index contributed by atoms with van der Waals surface area (Å²) in [5, 5.41) is 0. The van der Waals surface area contributed by atoms with Gasteiger partial charge >= 0.3 is 0 Å². The molecule has 0 saturated carbocycles. The molecule has 0 aliphatic carbocycles. The second kappa shape index (κ2) is 7.39. The van der Waals surface area contributed by atoms with Gasteiger partial charge in [0.25, 0.3) is 0 Å². The summed E-state index contributed by atoms with van der Waals surface area (Å²) in [5.74, 6) is 1.78. The molecule has 0 nitrogen and oxygen atoms in total. The molecule has 0 aromatic heterocycles. The maximum Gasteiger partial charge on any atom is -0.0322 e. The van der Waals surface area contributed by atoms with E-state index >= 15 is 0 Å². The summed E-state index contributed by atoms with van der Waals surface area (Å²) in [6.07, 6.45) is 9.86. The predicted octanol–water partition coefficient (Wildman–Crippen LogP) is 4.42. The van der Waals surface area contributed by atoms with E-state index in [0.717, 1.165) is 11.8 Å². The molecule has 0 spiro atoms. The van der Waals surface area contributed by atoms with Crippen molar-refractivity contribution in [2.75, 3.05) is 0 Å². The van der Waals surface area contributed by atoms with Crippen LogP contribution in [0.3, 0.4) is 0 Å². The largest absolute Gasteiger partial charge is 0.0917 e. The average Bonchev–Trinajstić information content (AvgIpc) is 2.00. The summed E-state index contributed by atoms with van der Waals surface area (Å²) >= 11 is 0. The van der Waals surface area contributed by atoms with Crippen LogP contribution in [-0.2, 0) is 0 Å². The molecule has 72 valence electrons. The van der Waals surface area contributed by atoms with E-state index < -0.39 is 0 Å². The Morgan fingerprint density at radius 1 is 1.25 bits per heavy atom. The SMILES string of the molecule is CC=CCC(CCC)CC(C)C. The third-order valence-corrected chi connectivity index (χ3v) is 2.21. The summed E-state index contributed by atoms with van der Waals surface area (Å²) in [7, 11) is 0. The van der Waals surface area contributed by atoms with Gasteiger partial charge in [0.15, 0.2) is 0 Å². The Labute approximate surface area is 78.1 Å². The van der Waals surface area contributed by atoms with Crippen molar-refractivity contribution in [3.8, 4) is 0 Å². The van der Waals surface area contributed by atoms with Crippen LogP contribution in [0.4, 0.5) is 0 Å². The van der Waals surface area contributed by atoms with Crippen molar-refractivity contribution in [1.82, 2.24) is 0 Å². The molecule has 1 unspecified atom stereocenters. The first kappa shape index (κ1) is 11.7. The van der Waals surface area contributed by atoms with Gasteiger partial charge in [-0.15, -0.1) is 0 Å². The Balaban J connectivity index is 3.69. The van der Waals surface area contributed by atoms with Crippen LogP contribution >= 0.6 is 0 Å². The smallest absolute Gasteiger partial charge is 0.0322 e. The Kier molecular flexibility index (Phi) is 7.23. The van der Waals surface area contributed by atoms with Gasteiger partial charge in [-0.25, -0.2) is 0 Å². The van der Waals surface area contributed by atoms with Gasteiger partial charge in [0, 0.05) is 0 Å². The molecule has 0 N–H and O–H groups in total. The number of allylic oxidation sites excluding steroid dienone is 2. The van der Waals surface area contributed by atoms with Gasteiger partial charge < -0.3 is 0 Å². The lowest BCUT2D eigenvalue weighted by Crippen LogP contribution is -2.03. The van der Waals surface area contributed by atoms with Gasteiger partial charge in [-0.05, 0) is 31.6 Å². The van der Waals surface area contributed by atoms with Crippen LogP contribution < -0.4 is 0 Å². The molecule has 0 amide bonds. The van der Waals surface area contributed by atoms with Crippen molar-refractivity contribution >= 4 is 0 Å². The minimum Gasteiger partial charge on any atom is -0.0917 e. The third-order valence-electron chi connectivity index (χ3n) is 2.21. The molecular weight excluding hydrogens is 144 g/mol. The van der Waals surface area contributed by atoms with E-state index in [1.54, 1.807) is 0 Å². The molecule has 0 aliphatic rings. The lowest BCUT2D eigenvalue weighted by molar-refractivity contribution is 0.386. The van der Waals surface area contributed by atoms with Crippen LogP contribution in [0.1, 0.15) is 53.4 Å². The highest BCUT2D eigenvalue weighted by atomic mass is 14.1. The first-order chi connectivity index (χ1) is 5.70. The minimum absolute atomic E-state index is 0.854. The monoisotopic (exact) mass is 168 g/mol. The highest BCUT2D eigenvalue weighted by Gasteiger charge is 2.07. The molecule has 0 fully saturated rings. The van der Waals surface area contributed by atoms with E-state index in [0.29, 0.717) is 0 Å². The standard InChI is InChI=1S/C12H24/c1-5-7-9-12(8-6-2)10-11(3)4/h5,7,11-12H,6,8-10H2,1-4H3. The molecule has 0 aromatic rings. The normalized spacial score (nSPS) is 14.4. The number of hydrogen-bond acceptors (Lipinski definition) is 0. The van der Waals surface area contributed by atoms with Crippen LogP contribution in [0, 0.1) is 11.8 Å². The van der Waals surface area contributed by atoms with Gasteiger partial charge in [-0.2, -0.15) is 0 Å². The van der Waals surface area contributed by atoms with Crippen molar-refractivity contribution in [1.29, 1.82) is 0 Å². The summed E-state index contributed by atoms with van der Waals surface area (Å²) in [5.41, 5.74) is 0. The summed E-state index contributed by atoms with van der Waals surface area (Å²) in [6, 6.07) is 0. The average molecular weight is 168 g/mol. The lowest BCUT2D eigenvalue weighted by Gasteiger charge is -2.16. The predicted molar refractivity (Wildman–Crippen MR) is 57.3 cm³/mol. The maximum atomic E-state index is 2.32. The quantitative estimate of drug-likeness (QED) is 0.515. The fraction of sp³-hybridized carbons (Fsp3) is 0.833. The van der Waals surface area contributed by atoms with Crippen molar-refractivity contribution in [3.63, 3.8) is 0 Å². The zero-order chi connectivity index (χ0) is 9.40. The van der Waals surface area contributed by atoms with Crippen molar-refractivity contribution < 1.29 is 0 Å². The number of hydrogen-bond donors (Lipinski definition) is 0. The van der Waals surface area contributed by atoms with Gasteiger partial charge in [0.05, 0.1) is 0 Å². The minimum atomic E-state index is 0.854. The summed E-state index contributed by atoms with van der Waals surface area (Å²) < 4.78 is 0. The highest BCUT2D eigenvalue weighted by molar-refractivity contribution is 4.80. The Hall–Kier alpha value is -0.260. The van der Waals surface area contributed by atoms with Crippen LogP contribution in [0.2, 0.25) is 0 Å². The molecule has 12 heavy (non-hydrogen) atoms. The lowest BCUT2D eigenvalue weighted by atomic mass is 9.90. The van der Waals surface area contributed by atoms with E-state index in [1.165, 1.54) is 25.7 Å². The Morgan fingerprint density at radius 2 is 1.92 bits per heavy atom. The summed E-state index contributed by atoms with van der Waals surface area (Å²) in [6.45, 7) is 9.03. The molecule has 0 radical (unpaired) electrons. The van der Waals surface area contributed by atoms with Crippen molar-refractivity contribution in [3.05, 3.63) is 12.2 Å². The molecule has 0 aromatic carbocycles. The second-order valence-electron chi connectivity index (χ2n) is 4.09. The number of rotatable bonds is 6. The maximum absolute atomic E-state index is 2.32. The van der Waals surface area contributed by atoms with Crippen molar-refractivity contribution in [2.24, 2.45) is 11.8 Å². The van der Waals surface area contributed by atoms with E-state index in [1.807, 2.05) is 0 Å². The van der Waals surface area contributed by atoms with Gasteiger partial charge in [0.2, 0.25) is 0 Å². The molecule has 0 saturated heterocycles. The highest BCUT2D eigenvalue weighted by Crippen LogP contribution is 2.20. The first-order valence-corrected chi connectivity index (χ1v) is 5.31. The molecule has 0 bridgehead atoms. The molecule has 0 aliphatic heterocycles. The van der Waals surface area contributed by atoms with Gasteiger partial charge in [-0.3, -0.25) is 0 Å². The Bertz CT molecular complexity index is 111. The van der Waals surface area contributed by atoms with Crippen LogP contribution in [0.25, 0.3) is 0 Å². The third kappa shape index (κ3) is 6.45. The van der Waals surface area contributed by atoms with E-state index in [9.17, 15) is 0 Å². The van der Waals surface area contributed by atoms with Crippen LogP contribution in [-0.4, -0.2) is 0 Å². The van der Waals surface area contributed by atoms with Crippen LogP contribution in [0.15, 0.2) is 12.2 Å². The Morgan fingerprint density at radius 3 is 2.33 bits per heavy atom. The van der Waals surface area contributed by atoms with E-state index in [-0.39, 0.29) is 0 Å². The second-order valence-corrected chi connectivity index (χ2v) is 4.09. The van der Waals surface area contributed by atoms with Crippen molar-refractivity contribution in [2.45, 2.75) is 53.4 Å². The van der Waals surface area contributed by atoms with E-state index in [4.69, 9.17) is 0 Å². The summed E-state index contributed by atoms with van der Waals surface area (Å²) in [4.78, 5) is 0.